The maximum atomic E-state index is 12.9. The van der Waals surface area contributed by atoms with Gasteiger partial charge in [-0.25, -0.2) is 9.59 Å². The van der Waals surface area contributed by atoms with Crippen LogP contribution in [0.5, 0.6) is 0 Å². The number of ether oxygens (including phenoxy) is 1. The number of aliphatic carboxylic acids is 1. The van der Waals surface area contributed by atoms with E-state index in [1.807, 2.05) is 31.2 Å². The van der Waals surface area contributed by atoms with E-state index in [0.29, 0.717) is 0 Å². The Morgan fingerprint density at radius 2 is 1.49 bits per heavy atom. The molecule has 0 heterocycles. The minimum Gasteiger partial charge on any atom is -0.480 e. The molecule has 2 amide bonds. The number of hydrogen-bond donors (Lipinski definition) is 3. The van der Waals surface area contributed by atoms with Crippen molar-refractivity contribution in [2.75, 3.05) is 6.61 Å². The monoisotopic (exact) mass is 478 g/mol. The van der Waals surface area contributed by atoms with Crippen LogP contribution in [0.2, 0.25) is 0 Å². The minimum absolute atomic E-state index is 0.00308. The minimum atomic E-state index is -1.30. The summed E-state index contributed by atoms with van der Waals surface area (Å²) in [6.45, 7) is 5.52. The molecule has 2 aromatic rings. The molecule has 1 fully saturated rings. The van der Waals surface area contributed by atoms with Gasteiger partial charge in [-0.3, -0.25) is 4.79 Å². The van der Waals surface area contributed by atoms with Crippen LogP contribution in [0.4, 0.5) is 4.79 Å². The van der Waals surface area contributed by atoms with E-state index in [1.54, 1.807) is 13.8 Å². The van der Waals surface area contributed by atoms with E-state index in [1.165, 1.54) is 0 Å². The summed E-state index contributed by atoms with van der Waals surface area (Å²) in [5.74, 6) is -1.33. The normalized spacial score (nSPS) is 16.5. The number of carbonyl (C=O) groups is 3. The van der Waals surface area contributed by atoms with Gasteiger partial charge in [-0.05, 0) is 60.8 Å². The largest absolute Gasteiger partial charge is 0.480 e. The second-order valence-electron chi connectivity index (χ2n) is 9.96. The third kappa shape index (κ3) is 4.90. The SMILES string of the molecule is CCC(CC)(NC(=O)CC(C)(NC(=O)OCC1c2ccccc2-c2ccccc21)C1CC1)C(=O)O. The fourth-order valence-corrected chi connectivity index (χ4v) is 5.31. The lowest BCUT2D eigenvalue weighted by atomic mass is 9.88. The summed E-state index contributed by atoms with van der Waals surface area (Å²) in [4.78, 5) is 37.6. The molecule has 1 saturated carbocycles. The Morgan fingerprint density at radius 3 is 1.97 bits per heavy atom. The van der Waals surface area contributed by atoms with Crippen molar-refractivity contribution in [2.24, 2.45) is 5.92 Å². The standard InChI is InChI=1S/C28H34N2O5/c1-4-28(5-2,25(32)33)29-24(31)16-27(3,18-14-15-18)30-26(34)35-17-23-21-12-8-6-10-19(21)20-11-7-9-13-22(20)23/h6-13,18,23H,4-5,14-17H2,1-3H3,(H,29,31)(H,30,34)(H,32,33). The summed E-state index contributed by atoms with van der Waals surface area (Å²) >= 11 is 0. The zero-order valence-corrected chi connectivity index (χ0v) is 20.6. The molecule has 2 aliphatic carbocycles. The molecule has 35 heavy (non-hydrogen) atoms. The second-order valence-corrected chi connectivity index (χ2v) is 9.96. The van der Waals surface area contributed by atoms with Crippen molar-refractivity contribution >= 4 is 18.0 Å². The number of carboxylic acids is 1. The first kappa shape index (κ1) is 24.8. The van der Waals surface area contributed by atoms with Gasteiger partial charge in [-0.15, -0.1) is 0 Å². The molecule has 0 bridgehead atoms. The van der Waals surface area contributed by atoms with Crippen LogP contribution in [0.25, 0.3) is 11.1 Å². The highest BCUT2D eigenvalue weighted by Crippen LogP contribution is 2.45. The van der Waals surface area contributed by atoms with Gasteiger partial charge >= 0.3 is 12.1 Å². The Kier molecular flexibility index (Phi) is 6.88. The van der Waals surface area contributed by atoms with Gasteiger partial charge in [0.05, 0.1) is 5.54 Å². The molecule has 7 heteroatoms. The van der Waals surface area contributed by atoms with E-state index in [-0.39, 0.29) is 43.6 Å². The molecule has 0 radical (unpaired) electrons. The summed E-state index contributed by atoms with van der Waals surface area (Å²) in [5, 5.41) is 15.3. The first-order valence-corrected chi connectivity index (χ1v) is 12.4. The van der Waals surface area contributed by atoms with Crippen molar-refractivity contribution in [1.29, 1.82) is 0 Å². The third-order valence-corrected chi connectivity index (χ3v) is 7.73. The molecule has 7 nitrogen and oxygen atoms in total. The second kappa shape index (κ2) is 9.72. The third-order valence-electron chi connectivity index (χ3n) is 7.73. The molecule has 2 aromatic carbocycles. The average Bonchev–Trinajstić information content (AvgIpc) is 3.65. The topological polar surface area (TPSA) is 105 Å². The van der Waals surface area contributed by atoms with Gasteiger partial charge in [0.1, 0.15) is 12.1 Å². The van der Waals surface area contributed by atoms with Gasteiger partial charge in [0, 0.05) is 12.3 Å². The molecular weight excluding hydrogens is 444 g/mol. The van der Waals surface area contributed by atoms with Crippen LogP contribution in [0.3, 0.4) is 0 Å². The van der Waals surface area contributed by atoms with Crippen LogP contribution in [0.15, 0.2) is 48.5 Å². The van der Waals surface area contributed by atoms with Crippen LogP contribution in [-0.4, -0.2) is 40.8 Å². The van der Waals surface area contributed by atoms with Crippen LogP contribution < -0.4 is 10.6 Å². The smallest absolute Gasteiger partial charge is 0.407 e. The van der Waals surface area contributed by atoms with Gasteiger partial charge in [-0.1, -0.05) is 62.4 Å². The number of carbonyl (C=O) groups excluding carboxylic acids is 2. The number of rotatable bonds is 10. The maximum absolute atomic E-state index is 12.9. The van der Waals surface area contributed by atoms with Crippen molar-refractivity contribution in [1.82, 2.24) is 10.6 Å². The van der Waals surface area contributed by atoms with Crippen molar-refractivity contribution in [3.8, 4) is 11.1 Å². The zero-order valence-electron chi connectivity index (χ0n) is 20.6. The summed E-state index contributed by atoms with van der Waals surface area (Å²) < 4.78 is 5.70. The Hall–Kier alpha value is -3.35. The molecule has 1 atom stereocenters. The predicted octanol–water partition coefficient (Wildman–Crippen LogP) is 4.84. The zero-order chi connectivity index (χ0) is 25.2. The van der Waals surface area contributed by atoms with E-state index in [9.17, 15) is 19.5 Å². The lowest BCUT2D eigenvalue weighted by molar-refractivity contribution is -0.148. The van der Waals surface area contributed by atoms with E-state index < -0.39 is 23.1 Å². The van der Waals surface area contributed by atoms with Crippen molar-refractivity contribution < 1.29 is 24.2 Å². The lowest BCUT2D eigenvalue weighted by Gasteiger charge is -2.33. The summed E-state index contributed by atoms with van der Waals surface area (Å²) in [6, 6.07) is 16.3. The number of amides is 2. The maximum Gasteiger partial charge on any atom is 0.407 e. The number of carboxylic acid groups (broad SMARTS) is 1. The summed E-state index contributed by atoms with van der Waals surface area (Å²) in [6.07, 6.45) is 1.80. The first-order chi connectivity index (χ1) is 16.7. The lowest BCUT2D eigenvalue weighted by Crippen LogP contribution is -2.57. The van der Waals surface area contributed by atoms with Crippen LogP contribution in [0, 0.1) is 5.92 Å². The van der Waals surface area contributed by atoms with Crippen molar-refractivity contribution in [3.05, 3.63) is 59.7 Å². The van der Waals surface area contributed by atoms with Gasteiger partial charge in [0.2, 0.25) is 5.91 Å². The van der Waals surface area contributed by atoms with E-state index in [4.69, 9.17) is 4.74 Å². The van der Waals surface area contributed by atoms with Gasteiger partial charge in [-0.2, -0.15) is 0 Å². The van der Waals surface area contributed by atoms with Crippen LogP contribution >= 0.6 is 0 Å². The van der Waals surface area contributed by atoms with Crippen molar-refractivity contribution in [3.63, 3.8) is 0 Å². The number of fused-ring (bicyclic) bond motifs is 3. The van der Waals surface area contributed by atoms with Crippen molar-refractivity contribution in [2.45, 2.75) is 69.9 Å². The highest BCUT2D eigenvalue weighted by Gasteiger charge is 2.46. The molecule has 0 saturated heterocycles. The Balaban J connectivity index is 1.42. The summed E-state index contributed by atoms with van der Waals surface area (Å²) in [7, 11) is 0. The highest BCUT2D eigenvalue weighted by atomic mass is 16.5. The quantitative estimate of drug-likeness (QED) is 0.453. The molecule has 0 spiro atoms. The fourth-order valence-electron chi connectivity index (χ4n) is 5.31. The Morgan fingerprint density at radius 1 is 0.943 bits per heavy atom. The van der Waals surface area contributed by atoms with Gasteiger partial charge < -0.3 is 20.5 Å². The number of hydrogen-bond acceptors (Lipinski definition) is 4. The van der Waals surface area contributed by atoms with Gasteiger partial charge in [0.15, 0.2) is 0 Å². The molecule has 186 valence electrons. The molecule has 0 aromatic heterocycles. The Labute approximate surface area is 206 Å². The molecule has 0 aliphatic heterocycles. The Bertz CT molecular complexity index is 1080. The van der Waals surface area contributed by atoms with Crippen LogP contribution in [0.1, 0.15) is 69.9 Å². The fraction of sp³-hybridized carbons (Fsp3) is 0.464. The molecule has 2 aliphatic rings. The van der Waals surface area contributed by atoms with E-state index in [2.05, 4.69) is 34.9 Å². The molecule has 4 rings (SSSR count). The predicted molar refractivity (Wildman–Crippen MR) is 133 cm³/mol. The highest BCUT2D eigenvalue weighted by molar-refractivity contribution is 5.88. The van der Waals surface area contributed by atoms with E-state index in [0.717, 1.165) is 35.1 Å². The van der Waals surface area contributed by atoms with E-state index >= 15 is 0 Å². The molecule has 1 unspecified atom stereocenters. The van der Waals surface area contributed by atoms with Gasteiger partial charge in [0.25, 0.3) is 0 Å². The first-order valence-electron chi connectivity index (χ1n) is 12.4. The summed E-state index contributed by atoms with van der Waals surface area (Å²) in [5.41, 5.74) is 2.48. The molecular formula is C28H34N2O5. The number of benzene rings is 2. The average molecular weight is 479 g/mol. The number of alkyl carbamates (subject to hydrolysis) is 1. The number of nitrogens with one attached hydrogen (secondary N) is 2. The molecule has 3 N–H and O–H groups in total. The van der Waals surface area contributed by atoms with Crippen LogP contribution in [-0.2, 0) is 14.3 Å².